The van der Waals surface area contributed by atoms with Crippen molar-refractivity contribution in [3.8, 4) is 0 Å². The van der Waals surface area contributed by atoms with E-state index in [1.165, 1.54) is 0 Å². The minimum atomic E-state index is 0.529. The Bertz CT molecular complexity index is 1050. The molecule has 17 fully saturated rings. The van der Waals surface area contributed by atoms with Crippen LogP contribution in [0, 0.1) is 105 Å². The largest absolute Gasteiger partial charge is 0.130 e. The van der Waals surface area contributed by atoms with Crippen LogP contribution in [0.25, 0.3) is 0 Å². The first-order valence-electron chi connectivity index (χ1n) is 22.7. The molecule has 0 amide bonds. The molecule has 0 spiro atoms. The van der Waals surface area contributed by atoms with Gasteiger partial charge in [0.25, 0.3) is 0 Å². The van der Waals surface area contributed by atoms with Crippen LogP contribution in [0.2, 0.25) is 0 Å². The molecule has 0 aromatic carbocycles. The Hall–Kier alpha value is 0.860. The molecule has 4 unspecified atom stereocenters. The molecule has 48 heavy (non-hydrogen) atoms. The Balaban J connectivity index is 0.993. The van der Waals surface area contributed by atoms with Crippen LogP contribution >= 0.6 is 18.5 Å². The highest BCUT2D eigenvalue weighted by atomic mass is 31.0. The van der Waals surface area contributed by atoms with Crippen LogP contribution in [0.15, 0.2) is 0 Å². The van der Waals surface area contributed by atoms with E-state index in [9.17, 15) is 0 Å². The van der Waals surface area contributed by atoms with Crippen molar-refractivity contribution in [3.05, 3.63) is 0 Å². The summed E-state index contributed by atoms with van der Waals surface area (Å²) in [5, 5.41) is 1.06. The third kappa shape index (κ3) is 3.58. The van der Waals surface area contributed by atoms with Crippen LogP contribution in [0.4, 0.5) is 0 Å². The lowest BCUT2D eigenvalue weighted by molar-refractivity contribution is -0.220. The summed E-state index contributed by atoms with van der Waals surface area (Å²) in [6, 6.07) is 0. The first kappa shape index (κ1) is 30.2. The van der Waals surface area contributed by atoms with Crippen LogP contribution in [0.1, 0.15) is 167 Å². The lowest BCUT2D eigenvalue weighted by Gasteiger charge is -2.79. The zero-order valence-corrected chi connectivity index (χ0v) is 32.9. The van der Waals surface area contributed by atoms with Gasteiger partial charge in [-0.2, -0.15) is 0 Å². The maximum absolute atomic E-state index is 4.16. The van der Waals surface area contributed by atoms with Crippen LogP contribution in [0.5, 0.6) is 0 Å². The standard InChI is InChI=1S/C46H70P2/c47-45(41-15-27-3-28(16-41)5-29(4-27)17-41,42-18-30-6-31(19-42)8-32(7-30)20-42)39-1-2-40(39)46(48,43-21-33-9-34(22-43)11-35(10-33)23-43)44-24-36-12-37(25-44)14-38(13-36)26-44/h27-40H,1-26,47-48H2. The third-order valence-electron chi connectivity index (χ3n) is 22.1. The van der Waals surface area contributed by atoms with E-state index in [-0.39, 0.29) is 0 Å². The van der Waals surface area contributed by atoms with Crippen LogP contribution in [0.3, 0.4) is 0 Å². The summed E-state index contributed by atoms with van der Waals surface area (Å²) in [6.07, 6.45) is 42.7. The van der Waals surface area contributed by atoms with Gasteiger partial charge in [0.15, 0.2) is 0 Å². The summed E-state index contributed by atoms with van der Waals surface area (Å²) in [5.41, 5.74) is 2.65. The zero-order valence-electron chi connectivity index (χ0n) is 30.6. The second-order valence-electron chi connectivity index (χ2n) is 24.3. The summed E-state index contributed by atoms with van der Waals surface area (Å²) < 4.78 is 0. The molecule has 0 aromatic heterocycles. The van der Waals surface area contributed by atoms with Crippen LogP contribution < -0.4 is 0 Å². The van der Waals surface area contributed by atoms with Gasteiger partial charge in [0.05, 0.1) is 0 Å². The van der Waals surface area contributed by atoms with Crippen molar-refractivity contribution in [2.75, 3.05) is 0 Å². The van der Waals surface area contributed by atoms with Gasteiger partial charge in [0.2, 0.25) is 0 Å². The van der Waals surface area contributed by atoms with Gasteiger partial charge in [0, 0.05) is 0 Å². The van der Waals surface area contributed by atoms with Gasteiger partial charge in [-0.05, 0) is 282 Å². The summed E-state index contributed by atoms with van der Waals surface area (Å²) in [5.74, 6) is 15.1. The highest BCUT2D eigenvalue weighted by molar-refractivity contribution is 7.19. The van der Waals surface area contributed by atoms with Crippen molar-refractivity contribution in [1.82, 2.24) is 0 Å². The highest BCUT2D eigenvalue weighted by Gasteiger charge is 2.77. The number of hydrogen-bond donors (Lipinski definition) is 0. The van der Waals surface area contributed by atoms with Crippen molar-refractivity contribution < 1.29 is 0 Å². The molecule has 17 aliphatic rings. The molecule has 16 bridgehead atoms. The van der Waals surface area contributed by atoms with E-state index >= 15 is 0 Å². The second kappa shape index (κ2) is 9.56. The fourth-order valence-electron chi connectivity index (χ4n) is 22.8. The smallest absolute Gasteiger partial charge is 0.000619 e. The van der Waals surface area contributed by atoms with Gasteiger partial charge in [-0.25, -0.2) is 0 Å². The molecule has 17 rings (SSSR count). The monoisotopic (exact) mass is 684 g/mol. The van der Waals surface area contributed by atoms with E-state index < -0.39 is 0 Å². The molecule has 264 valence electrons. The van der Waals surface area contributed by atoms with Crippen molar-refractivity contribution >= 4 is 18.5 Å². The van der Waals surface area contributed by atoms with Gasteiger partial charge in [-0.1, -0.05) is 0 Å². The number of hydrogen-bond acceptors (Lipinski definition) is 0. The Morgan fingerprint density at radius 3 is 0.542 bits per heavy atom. The van der Waals surface area contributed by atoms with E-state index in [1.54, 1.807) is 167 Å². The molecular formula is C46H70P2. The quantitative estimate of drug-likeness (QED) is 0.244. The van der Waals surface area contributed by atoms with E-state index in [0.717, 1.165) is 82.9 Å². The highest BCUT2D eigenvalue weighted by Crippen LogP contribution is 2.84. The van der Waals surface area contributed by atoms with Gasteiger partial charge >= 0.3 is 0 Å². The maximum Gasteiger partial charge on any atom is -0.000619 e. The minimum Gasteiger partial charge on any atom is -0.130 e. The second-order valence-corrected chi connectivity index (χ2v) is 26.1. The number of rotatable bonds is 6. The first-order valence-corrected chi connectivity index (χ1v) is 23.9. The molecule has 0 saturated heterocycles. The topological polar surface area (TPSA) is 0 Å². The lowest BCUT2D eigenvalue weighted by atomic mass is 9.30. The average molecular weight is 685 g/mol. The molecule has 0 heterocycles. The molecule has 0 radical (unpaired) electrons. The molecule has 0 nitrogen and oxygen atoms in total. The lowest BCUT2D eigenvalue weighted by Crippen LogP contribution is -2.75. The molecule has 4 atom stereocenters. The van der Waals surface area contributed by atoms with Crippen molar-refractivity contribution in [3.63, 3.8) is 0 Å². The van der Waals surface area contributed by atoms with Gasteiger partial charge in [-0.3, -0.25) is 0 Å². The van der Waals surface area contributed by atoms with E-state index in [2.05, 4.69) is 18.5 Å². The summed E-state index contributed by atoms with van der Waals surface area (Å²) in [6.45, 7) is 0. The molecule has 2 heteroatoms. The summed E-state index contributed by atoms with van der Waals surface area (Å²) >= 11 is 0. The molecule has 17 aliphatic carbocycles. The Kier molecular flexibility index (Phi) is 6.02. The fraction of sp³-hybridized carbons (Fsp3) is 1.00. The van der Waals surface area contributed by atoms with Gasteiger partial charge in [0.1, 0.15) is 0 Å². The minimum absolute atomic E-state index is 0.529. The molecule has 0 aromatic rings. The molecule has 17 saturated carbocycles. The van der Waals surface area contributed by atoms with Crippen molar-refractivity contribution in [2.24, 2.45) is 105 Å². The Morgan fingerprint density at radius 2 is 0.417 bits per heavy atom. The Labute approximate surface area is 299 Å². The molecular weight excluding hydrogens is 614 g/mol. The average Bonchev–Trinajstić information content (AvgIpc) is 2.97. The maximum atomic E-state index is 4.16. The fourth-order valence-corrected chi connectivity index (χ4v) is 25.0. The SMILES string of the molecule is PC(C1CCC1C(P)(C12CC3CC(CC(C3)C1)C2)C12CC3CC(CC(C3)C1)C2)(C12CC3CC(CC(C3)C1)C2)C12CC3CC(CC(C3)C1)C2. The zero-order chi connectivity index (χ0) is 31.5. The van der Waals surface area contributed by atoms with Crippen molar-refractivity contribution in [1.29, 1.82) is 0 Å². The predicted octanol–water partition coefficient (Wildman–Crippen LogP) is 12.1. The molecule has 0 N–H and O–H groups in total. The Morgan fingerprint density at radius 1 is 0.271 bits per heavy atom. The van der Waals surface area contributed by atoms with E-state index in [1.807, 2.05) is 0 Å². The van der Waals surface area contributed by atoms with Crippen LogP contribution in [-0.2, 0) is 0 Å². The van der Waals surface area contributed by atoms with Gasteiger partial charge in [-0.15, -0.1) is 18.5 Å². The summed E-state index contributed by atoms with van der Waals surface area (Å²) in [4.78, 5) is 0. The third-order valence-corrected chi connectivity index (χ3v) is 25.4. The predicted molar refractivity (Wildman–Crippen MR) is 204 cm³/mol. The van der Waals surface area contributed by atoms with Crippen molar-refractivity contribution in [2.45, 2.75) is 177 Å². The van der Waals surface area contributed by atoms with E-state index in [0.29, 0.717) is 32.0 Å². The van der Waals surface area contributed by atoms with Gasteiger partial charge < -0.3 is 0 Å². The molecule has 0 aliphatic heterocycles. The summed E-state index contributed by atoms with van der Waals surface area (Å²) in [7, 11) is 8.31. The normalized spacial score (nSPS) is 64.6. The van der Waals surface area contributed by atoms with Crippen LogP contribution in [-0.4, -0.2) is 10.3 Å². The first-order chi connectivity index (χ1) is 23.2. The van der Waals surface area contributed by atoms with E-state index in [4.69, 9.17) is 0 Å².